The van der Waals surface area contributed by atoms with Crippen LogP contribution in [0.3, 0.4) is 0 Å². The lowest BCUT2D eigenvalue weighted by Crippen LogP contribution is -2.25. The molecular weight excluding hydrogens is 222 g/mol. The second-order valence-corrected chi connectivity index (χ2v) is 4.25. The van der Waals surface area contributed by atoms with Crippen molar-refractivity contribution < 1.29 is 4.42 Å². The maximum Gasteiger partial charge on any atom is 0.105 e. The highest BCUT2D eigenvalue weighted by Crippen LogP contribution is 2.17. The van der Waals surface area contributed by atoms with Crippen LogP contribution in [0.2, 0.25) is 5.02 Å². The van der Waals surface area contributed by atoms with E-state index >= 15 is 0 Å². The quantitative estimate of drug-likeness (QED) is 0.885. The van der Waals surface area contributed by atoms with Crippen LogP contribution >= 0.6 is 11.6 Å². The van der Waals surface area contributed by atoms with E-state index in [9.17, 15) is 0 Å². The molecule has 0 radical (unpaired) electrons. The molecule has 2 nitrogen and oxygen atoms in total. The lowest BCUT2D eigenvalue weighted by molar-refractivity contribution is 0.483. The minimum atomic E-state index is 0.0334. The second-order valence-electron chi connectivity index (χ2n) is 3.84. The van der Waals surface area contributed by atoms with E-state index in [4.69, 9.17) is 21.8 Å². The molecule has 0 fully saturated rings. The summed E-state index contributed by atoms with van der Waals surface area (Å²) in [6, 6.07) is 11.6. The summed E-state index contributed by atoms with van der Waals surface area (Å²) in [4.78, 5) is 0. The third kappa shape index (κ3) is 2.87. The van der Waals surface area contributed by atoms with Gasteiger partial charge in [0.2, 0.25) is 0 Å². The average molecular weight is 236 g/mol. The molecule has 0 spiro atoms. The standard InChI is InChI=1S/C13H14ClNO/c14-13-6-2-1-4-10(13)8-11(15)9-12-5-3-7-16-12/h1-7,11H,8-9,15H2. The molecule has 16 heavy (non-hydrogen) atoms. The topological polar surface area (TPSA) is 39.2 Å². The molecule has 0 saturated heterocycles. The molecule has 0 aliphatic rings. The Morgan fingerprint density at radius 2 is 1.94 bits per heavy atom. The normalized spacial score (nSPS) is 12.6. The second kappa shape index (κ2) is 5.19. The molecule has 0 amide bonds. The van der Waals surface area contributed by atoms with Crippen LogP contribution in [0, 0.1) is 0 Å². The highest BCUT2D eigenvalue weighted by molar-refractivity contribution is 6.31. The summed E-state index contributed by atoms with van der Waals surface area (Å²) in [7, 11) is 0. The first kappa shape index (κ1) is 11.2. The van der Waals surface area contributed by atoms with Crippen LogP contribution < -0.4 is 5.73 Å². The van der Waals surface area contributed by atoms with Gasteiger partial charge >= 0.3 is 0 Å². The van der Waals surface area contributed by atoms with Gasteiger partial charge in [0.05, 0.1) is 6.26 Å². The summed E-state index contributed by atoms with van der Waals surface area (Å²) < 4.78 is 5.26. The smallest absolute Gasteiger partial charge is 0.105 e. The Labute approximate surface area is 100 Å². The Morgan fingerprint density at radius 1 is 1.12 bits per heavy atom. The fourth-order valence-corrected chi connectivity index (χ4v) is 1.92. The zero-order chi connectivity index (χ0) is 11.4. The number of hydrogen-bond acceptors (Lipinski definition) is 2. The molecule has 0 aliphatic carbocycles. The summed E-state index contributed by atoms with van der Waals surface area (Å²) in [6.07, 6.45) is 3.16. The van der Waals surface area contributed by atoms with Crippen molar-refractivity contribution in [1.29, 1.82) is 0 Å². The van der Waals surface area contributed by atoms with Crippen molar-refractivity contribution >= 4 is 11.6 Å². The number of furan rings is 1. The molecule has 0 aliphatic heterocycles. The lowest BCUT2D eigenvalue weighted by atomic mass is 10.0. The minimum absolute atomic E-state index is 0.0334. The molecular formula is C13H14ClNO. The van der Waals surface area contributed by atoms with Crippen molar-refractivity contribution in [2.24, 2.45) is 5.73 Å². The first-order valence-corrected chi connectivity index (χ1v) is 5.65. The molecule has 1 aromatic heterocycles. The van der Waals surface area contributed by atoms with Crippen LogP contribution in [0.25, 0.3) is 0 Å². The van der Waals surface area contributed by atoms with Crippen LogP contribution in [0.4, 0.5) is 0 Å². The van der Waals surface area contributed by atoms with Gasteiger partial charge in [-0.15, -0.1) is 0 Å². The fraction of sp³-hybridized carbons (Fsp3) is 0.231. The highest BCUT2D eigenvalue weighted by Gasteiger charge is 2.09. The Balaban J connectivity index is 1.97. The number of halogens is 1. The van der Waals surface area contributed by atoms with Crippen LogP contribution in [-0.2, 0) is 12.8 Å². The predicted molar refractivity (Wildman–Crippen MR) is 65.5 cm³/mol. The van der Waals surface area contributed by atoms with E-state index < -0.39 is 0 Å². The first-order chi connectivity index (χ1) is 7.75. The highest BCUT2D eigenvalue weighted by atomic mass is 35.5. The largest absolute Gasteiger partial charge is 0.469 e. The third-order valence-corrected chi connectivity index (χ3v) is 2.85. The first-order valence-electron chi connectivity index (χ1n) is 5.27. The fourth-order valence-electron chi connectivity index (χ4n) is 1.71. The zero-order valence-corrected chi connectivity index (χ0v) is 9.65. The van der Waals surface area contributed by atoms with Gasteiger partial charge in [-0.05, 0) is 30.2 Å². The summed E-state index contributed by atoms with van der Waals surface area (Å²) in [5.74, 6) is 0.916. The molecule has 2 aromatic rings. The van der Waals surface area contributed by atoms with E-state index in [2.05, 4.69) is 0 Å². The Morgan fingerprint density at radius 3 is 2.62 bits per heavy atom. The predicted octanol–water partition coefficient (Wildman–Crippen LogP) is 3.05. The molecule has 2 N–H and O–H groups in total. The Bertz CT molecular complexity index is 439. The van der Waals surface area contributed by atoms with E-state index in [1.165, 1.54) is 0 Å². The number of hydrogen-bond donors (Lipinski definition) is 1. The van der Waals surface area contributed by atoms with Gasteiger partial charge < -0.3 is 10.2 Å². The van der Waals surface area contributed by atoms with Gasteiger partial charge in [0.15, 0.2) is 0 Å². The van der Waals surface area contributed by atoms with Gasteiger partial charge in [-0.25, -0.2) is 0 Å². The molecule has 0 bridgehead atoms. The molecule has 2 rings (SSSR count). The van der Waals surface area contributed by atoms with Crippen molar-refractivity contribution in [1.82, 2.24) is 0 Å². The third-order valence-electron chi connectivity index (χ3n) is 2.48. The SMILES string of the molecule is NC(Cc1ccco1)Cc1ccccc1Cl. The molecule has 1 heterocycles. The number of benzene rings is 1. The minimum Gasteiger partial charge on any atom is -0.469 e. The van der Waals surface area contributed by atoms with Crippen LogP contribution in [0.1, 0.15) is 11.3 Å². The summed E-state index contributed by atoms with van der Waals surface area (Å²) in [5.41, 5.74) is 7.13. The van der Waals surface area contributed by atoms with Crippen molar-refractivity contribution in [3.05, 3.63) is 59.0 Å². The van der Waals surface area contributed by atoms with Gasteiger partial charge in [-0.2, -0.15) is 0 Å². The van der Waals surface area contributed by atoms with Crippen molar-refractivity contribution in [2.45, 2.75) is 18.9 Å². The lowest BCUT2D eigenvalue weighted by Gasteiger charge is -2.11. The van der Waals surface area contributed by atoms with Gasteiger partial charge in [0, 0.05) is 17.5 Å². The monoisotopic (exact) mass is 235 g/mol. The molecule has 1 atom stereocenters. The maximum absolute atomic E-state index is 6.07. The van der Waals surface area contributed by atoms with Gasteiger partial charge in [0.25, 0.3) is 0 Å². The number of nitrogens with two attached hydrogens (primary N) is 1. The molecule has 1 aromatic carbocycles. The van der Waals surface area contributed by atoms with E-state index in [1.807, 2.05) is 36.4 Å². The summed E-state index contributed by atoms with van der Waals surface area (Å²) in [6.45, 7) is 0. The average Bonchev–Trinajstić information content (AvgIpc) is 2.74. The van der Waals surface area contributed by atoms with E-state index in [1.54, 1.807) is 6.26 Å². The summed E-state index contributed by atoms with van der Waals surface area (Å²) in [5, 5.41) is 0.775. The van der Waals surface area contributed by atoms with E-state index in [0.717, 1.165) is 29.2 Å². The van der Waals surface area contributed by atoms with E-state index in [0.29, 0.717) is 0 Å². The van der Waals surface area contributed by atoms with Crippen LogP contribution in [0.15, 0.2) is 47.1 Å². The Hall–Kier alpha value is -1.25. The molecule has 84 valence electrons. The van der Waals surface area contributed by atoms with Crippen LogP contribution in [-0.4, -0.2) is 6.04 Å². The molecule has 3 heteroatoms. The molecule has 1 unspecified atom stereocenters. The zero-order valence-electron chi connectivity index (χ0n) is 8.90. The van der Waals surface area contributed by atoms with Crippen molar-refractivity contribution in [3.63, 3.8) is 0 Å². The summed E-state index contributed by atoms with van der Waals surface area (Å²) >= 11 is 6.07. The van der Waals surface area contributed by atoms with E-state index in [-0.39, 0.29) is 6.04 Å². The van der Waals surface area contributed by atoms with Gasteiger partial charge in [-0.1, -0.05) is 29.8 Å². The van der Waals surface area contributed by atoms with Gasteiger partial charge in [0.1, 0.15) is 5.76 Å². The Kier molecular flexibility index (Phi) is 3.65. The number of rotatable bonds is 4. The van der Waals surface area contributed by atoms with Crippen molar-refractivity contribution in [3.8, 4) is 0 Å². The van der Waals surface area contributed by atoms with Crippen molar-refractivity contribution in [2.75, 3.05) is 0 Å². The van der Waals surface area contributed by atoms with Gasteiger partial charge in [-0.3, -0.25) is 0 Å². The molecule has 0 saturated carbocycles. The maximum atomic E-state index is 6.07. The van der Waals surface area contributed by atoms with Crippen LogP contribution in [0.5, 0.6) is 0 Å².